The first kappa shape index (κ1) is 19.4. The van der Waals surface area contributed by atoms with Crippen molar-refractivity contribution in [3.63, 3.8) is 0 Å². The van der Waals surface area contributed by atoms with E-state index in [1.54, 1.807) is 0 Å². The zero-order valence-corrected chi connectivity index (χ0v) is 14.9. The Kier molecular flexibility index (Phi) is 5.92. The third-order valence-electron chi connectivity index (χ3n) is 3.79. The Labute approximate surface area is 151 Å². The van der Waals surface area contributed by atoms with Crippen molar-refractivity contribution in [2.24, 2.45) is 5.41 Å². The zero-order chi connectivity index (χ0) is 19.3. The van der Waals surface area contributed by atoms with Crippen LogP contribution in [0.5, 0.6) is 5.75 Å². The largest absolute Gasteiger partial charge is 0.484 e. The first-order chi connectivity index (χ1) is 12.2. The molecule has 0 aromatic heterocycles. The Bertz CT molecular complexity index is 788. The van der Waals surface area contributed by atoms with Crippen molar-refractivity contribution in [3.8, 4) is 5.75 Å². The Morgan fingerprint density at radius 3 is 2.42 bits per heavy atom. The molecule has 0 fully saturated rings. The van der Waals surface area contributed by atoms with Crippen molar-refractivity contribution < 1.29 is 18.8 Å². The maximum Gasteiger partial charge on any atom is 0.305 e. The van der Waals surface area contributed by atoms with E-state index < -0.39 is 16.4 Å². The quantitative estimate of drug-likeness (QED) is 0.623. The molecule has 0 radical (unpaired) electrons. The highest BCUT2D eigenvalue weighted by molar-refractivity contribution is 5.78. The summed E-state index contributed by atoms with van der Waals surface area (Å²) in [5, 5.41) is 13.5. The molecule has 2 aromatic rings. The molecule has 1 atom stereocenters. The topological polar surface area (TPSA) is 81.5 Å². The number of nitro benzene ring substituents is 1. The number of hydrogen-bond donors (Lipinski definition) is 1. The van der Waals surface area contributed by atoms with E-state index in [9.17, 15) is 19.3 Å². The summed E-state index contributed by atoms with van der Waals surface area (Å²) in [5.41, 5.74) is 0.102. The number of benzene rings is 2. The predicted molar refractivity (Wildman–Crippen MR) is 95.3 cm³/mol. The van der Waals surface area contributed by atoms with Crippen LogP contribution in [-0.2, 0) is 4.79 Å². The molecule has 0 aliphatic rings. The van der Waals surface area contributed by atoms with Gasteiger partial charge in [0.25, 0.3) is 5.91 Å². The van der Waals surface area contributed by atoms with Crippen molar-refractivity contribution in [2.75, 3.05) is 6.61 Å². The van der Waals surface area contributed by atoms with Gasteiger partial charge in [-0.05, 0) is 17.0 Å². The van der Waals surface area contributed by atoms with Crippen LogP contribution in [0.1, 0.15) is 32.4 Å². The second-order valence-electron chi connectivity index (χ2n) is 6.94. The van der Waals surface area contributed by atoms with Gasteiger partial charge in [0, 0.05) is 12.1 Å². The molecule has 0 bridgehead atoms. The number of nitrogens with zero attached hydrogens (tertiary/aromatic N) is 1. The van der Waals surface area contributed by atoms with Gasteiger partial charge in [0.1, 0.15) is 5.75 Å². The van der Waals surface area contributed by atoms with Crippen LogP contribution >= 0.6 is 0 Å². The normalized spacial score (nSPS) is 12.3. The monoisotopic (exact) mass is 360 g/mol. The minimum Gasteiger partial charge on any atom is -0.484 e. The molecule has 7 heteroatoms. The molecule has 0 saturated carbocycles. The number of rotatable bonds is 6. The van der Waals surface area contributed by atoms with Crippen molar-refractivity contribution in [1.29, 1.82) is 0 Å². The summed E-state index contributed by atoms with van der Waals surface area (Å²) in [6.45, 7) is 5.71. The van der Waals surface area contributed by atoms with Crippen molar-refractivity contribution >= 4 is 11.6 Å². The maximum absolute atomic E-state index is 13.6. The summed E-state index contributed by atoms with van der Waals surface area (Å²) in [6.07, 6.45) is 0. The molecule has 0 spiro atoms. The lowest BCUT2D eigenvalue weighted by Gasteiger charge is -2.32. The standard InChI is InChI=1S/C19H21FN2O4/c1-19(2,3)18(13-7-5-4-6-8-13)21-17(23)12-26-14-9-10-16(22(24)25)15(20)11-14/h4-11,18H,12H2,1-3H3,(H,21,23). The molecular weight excluding hydrogens is 339 g/mol. The zero-order valence-electron chi connectivity index (χ0n) is 14.9. The van der Waals surface area contributed by atoms with Crippen molar-refractivity contribution in [3.05, 3.63) is 70.0 Å². The number of carbonyl (C=O) groups excluding carboxylic acids is 1. The van der Waals surface area contributed by atoms with Crippen LogP contribution in [0.3, 0.4) is 0 Å². The Balaban J connectivity index is 2.03. The number of nitro groups is 1. The lowest BCUT2D eigenvalue weighted by atomic mass is 9.82. The number of amides is 1. The number of ether oxygens (including phenoxy) is 1. The Morgan fingerprint density at radius 2 is 1.88 bits per heavy atom. The van der Waals surface area contributed by atoms with Gasteiger partial charge < -0.3 is 10.1 Å². The SMILES string of the molecule is CC(C)(C)C(NC(=O)COc1ccc([N+](=O)[O-])c(F)c1)c1ccccc1. The first-order valence-corrected chi connectivity index (χ1v) is 8.09. The van der Waals surface area contributed by atoms with Crippen LogP contribution in [0, 0.1) is 21.3 Å². The minimum absolute atomic E-state index is 0.0512. The summed E-state index contributed by atoms with van der Waals surface area (Å²) in [4.78, 5) is 22.1. The van der Waals surface area contributed by atoms with Crippen LogP contribution in [-0.4, -0.2) is 17.4 Å². The van der Waals surface area contributed by atoms with E-state index in [1.807, 2.05) is 51.1 Å². The number of halogens is 1. The summed E-state index contributed by atoms with van der Waals surface area (Å²) in [7, 11) is 0. The van der Waals surface area contributed by atoms with Crippen molar-refractivity contribution in [2.45, 2.75) is 26.8 Å². The van der Waals surface area contributed by atoms with Crippen LogP contribution in [0.4, 0.5) is 10.1 Å². The van der Waals surface area contributed by atoms with E-state index >= 15 is 0 Å². The highest BCUT2D eigenvalue weighted by Crippen LogP contribution is 2.32. The molecule has 138 valence electrons. The average Bonchev–Trinajstić information content (AvgIpc) is 2.57. The van der Waals surface area contributed by atoms with Crippen LogP contribution in [0.2, 0.25) is 0 Å². The Hall–Kier alpha value is -2.96. The number of hydrogen-bond acceptors (Lipinski definition) is 4. The number of nitrogens with one attached hydrogen (secondary N) is 1. The van der Waals surface area contributed by atoms with Crippen LogP contribution < -0.4 is 10.1 Å². The molecule has 1 N–H and O–H groups in total. The molecule has 0 heterocycles. The summed E-state index contributed by atoms with van der Waals surface area (Å²) >= 11 is 0. The second-order valence-corrected chi connectivity index (χ2v) is 6.94. The van der Waals surface area contributed by atoms with Gasteiger partial charge in [0.2, 0.25) is 5.82 Å². The van der Waals surface area contributed by atoms with Gasteiger partial charge in [-0.25, -0.2) is 0 Å². The van der Waals surface area contributed by atoms with Crippen LogP contribution in [0.15, 0.2) is 48.5 Å². The molecule has 1 amide bonds. The molecule has 2 aromatic carbocycles. The third kappa shape index (κ3) is 5.02. The molecule has 1 unspecified atom stereocenters. The average molecular weight is 360 g/mol. The van der Waals surface area contributed by atoms with Gasteiger partial charge in [-0.1, -0.05) is 51.1 Å². The first-order valence-electron chi connectivity index (χ1n) is 8.09. The van der Waals surface area contributed by atoms with Gasteiger partial charge >= 0.3 is 5.69 Å². The Morgan fingerprint density at radius 1 is 1.23 bits per heavy atom. The molecule has 0 aliphatic heterocycles. The van der Waals surface area contributed by atoms with Crippen molar-refractivity contribution in [1.82, 2.24) is 5.32 Å². The van der Waals surface area contributed by atoms with E-state index in [2.05, 4.69) is 5.32 Å². The summed E-state index contributed by atoms with van der Waals surface area (Å²) < 4.78 is 18.8. The van der Waals surface area contributed by atoms with Gasteiger partial charge in [-0.2, -0.15) is 4.39 Å². The van der Waals surface area contributed by atoms with E-state index in [4.69, 9.17) is 4.74 Å². The highest BCUT2D eigenvalue weighted by Gasteiger charge is 2.27. The van der Waals surface area contributed by atoms with E-state index in [0.29, 0.717) is 0 Å². The fraction of sp³-hybridized carbons (Fsp3) is 0.316. The molecule has 2 rings (SSSR count). The van der Waals surface area contributed by atoms with Gasteiger partial charge in [0.05, 0.1) is 11.0 Å². The number of carbonyl (C=O) groups is 1. The van der Waals surface area contributed by atoms with Gasteiger partial charge in [0.15, 0.2) is 6.61 Å². The molecule has 0 aliphatic carbocycles. The third-order valence-corrected chi connectivity index (χ3v) is 3.79. The smallest absolute Gasteiger partial charge is 0.305 e. The highest BCUT2D eigenvalue weighted by atomic mass is 19.1. The summed E-state index contributed by atoms with van der Waals surface area (Å²) in [5.74, 6) is -1.33. The second kappa shape index (κ2) is 7.95. The molecule has 0 saturated heterocycles. The van der Waals surface area contributed by atoms with E-state index in [-0.39, 0.29) is 29.7 Å². The maximum atomic E-state index is 13.6. The molecular formula is C19H21FN2O4. The summed E-state index contributed by atoms with van der Waals surface area (Å²) in [6, 6.07) is 12.5. The lowest BCUT2D eigenvalue weighted by molar-refractivity contribution is -0.387. The minimum atomic E-state index is -1.01. The predicted octanol–water partition coefficient (Wildman–Crippen LogP) is 4.02. The van der Waals surface area contributed by atoms with E-state index in [0.717, 1.165) is 17.7 Å². The molecule has 26 heavy (non-hydrogen) atoms. The van der Waals surface area contributed by atoms with Gasteiger partial charge in [-0.15, -0.1) is 0 Å². The van der Waals surface area contributed by atoms with E-state index in [1.165, 1.54) is 6.07 Å². The fourth-order valence-electron chi connectivity index (χ4n) is 2.52. The molecule has 6 nitrogen and oxygen atoms in total. The van der Waals surface area contributed by atoms with Crippen LogP contribution in [0.25, 0.3) is 0 Å². The lowest BCUT2D eigenvalue weighted by Crippen LogP contribution is -2.39. The van der Waals surface area contributed by atoms with Gasteiger partial charge in [-0.3, -0.25) is 14.9 Å². The fourth-order valence-corrected chi connectivity index (χ4v) is 2.52.